The summed E-state index contributed by atoms with van der Waals surface area (Å²) in [6, 6.07) is 9.90. The first-order valence-electron chi connectivity index (χ1n) is 8.55. The Morgan fingerprint density at radius 2 is 1.96 bits per heavy atom. The first-order chi connectivity index (χ1) is 11.0. The van der Waals surface area contributed by atoms with Crippen molar-refractivity contribution in [2.45, 2.75) is 32.1 Å². The van der Waals surface area contributed by atoms with Crippen LogP contribution in [0.15, 0.2) is 30.3 Å². The first-order valence-corrected chi connectivity index (χ1v) is 8.55. The van der Waals surface area contributed by atoms with Gasteiger partial charge in [-0.05, 0) is 24.8 Å². The highest BCUT2D eigenvalue weighted by Gasteiger charge is 2.51. The maximum Gasteiger partial charge on any atom is 0.227 e. The van der Waals surface area contributed by atoms with Gasteiger partial charge in [-0.3, -0.25) is 9.59 Å². The number of likely N-dealkylation sites (tertiary alicyclic amines) is 1. The second kappa shape index (κ2) is 6.34. The Bertz CT molecular complexity index is 584. The Balaban J connectivity index is 1.67. The van der Waals surface area contributed by atoms with E-state index in [-0.39, 0.29) is 23.1 Å². The largest absolute Gasteiger partial charge is 0.349 e. The van der Waals surface area contributed by atoms with E-state index in [0.717, 1.165) is 44.3 Å². The summed E-state index contributed by atoms with van der Waals surface area (Å²) < 4.78 is 0. The molecule has 1 aliphatic carbocycles. The van der Waals surface area contributed by atoms with Gasteiger partial charge in [0, 0.05) is 38.5 Å². The molecule has 1 aliphatic heterocycles. The molecule has 4 heteroatoms. The van der Waals surface area contributed by atoms with Crippen LogP contribution < -0.4 is 0 Å². The fraction of sp³-hybridized carbons (Fsp3) is 0.579. The van der Waals surface area contributed by atoms with Crippen LogP contribution in [0.3, 0.4) is 0 Å². The van der Waals surface area contributed by atoms with Gasteiger partial charge in [-0.1, -0.05) is 36.8 Å². The van der Waals surface area contributed by atoms with Gasteiger partial charge in [0.05, 0.1) is 6.42 Å². The van der Waals surface area contributed by atoms with Crippen LogP contribution >= 0.6 is 0 Å². The molecule has 1 aromatic rings. The number of hydrogen-bond acceptors (Lipinski definition) is 2. The van der Waals surface area contributed by atoms with Crippen LogP contribution in [-0.2, 0) is 16.0 Å². The molecule has 1 saturated heterocycles. The molecule has 2 amide bonds. The van der Waals surface area contributed by atoms with Crippen molar-refractivity contribution in [1.82, 2.24) is 9.80 Å². The lowest BCUT2D eigenvalue weighted by atomic mass is 9.76. The van der Waals surface area contributed by atoms with Crippen LogP contribution in [0.1, 0.15) is 31.2 Å². The predicted octanol–water partition coefficient (Wildman–Crippen LogP) is 2.34. The number of amides is 2. The van der Waals surface area contributed by atoms with Gasteiger partial charge in [-0.25, -0.2) is 0 Å². The van der Waals surface area contributed by atoms with Gasteiger partial charge in [0.15, 0.2) is 0 Å². The Kier molecular flexibility index (Phi) is 4.42. The van der Waals surface area contributed by atoms with Crippen LogP contribution in [0.25, 0.3) is 0 Å². The van der Waals surface area contributed by atoms with Gasteiger partial charge >= 0.3 is 0 Å². The minimum absolute atomic E-state index is 0.0215. The minimum atomic E-state index is 0.0215. The zero-order chi connectivity index (χ0) is 16.4. The summed E-state index contributed by atoms with van der Waals surface area (Å²) in [4.78, 5) is 28.8. The second-order valence-corrected chi connectivity index (χ2v) is 7.27. The lowest BCUT2D eigenvalue weighted by Crippen LogP contribution is -2.41. The monoisotopic (exact) mass is 314 g/mol. The van der Waals surface area contributed by atoms with E-state index in [1.807, 2.05) is 49.3 Å². The Hall–Kier alpha value is -1.84. The normalized spacial score (nSPS) is 26.7. The van der Waals surface area contributed by atoms with Crippen LogP contribution in [0, 0.1) is 11.3 Å². The van der Waals surface area contributed by atoms with E-state index in [1.54, 1.807) is 4.90 Å². The first kappa shape index (κ1) is 16.0. The summed E-state index contributed by atoms with van der Waals surface area (Å²) in [6.45, 7) is 1.55. The van der Waals surface area contributed by atoms with E-state index in [9.17, 15) is 9.59 Å². The molecule has 2 atom stereocenters. The Morgan fingerprint density at radius 1 is 1.22 bits per heavy atom. The van der Waals surface area contributed by atoms with Crippen LogP contribution in [0.2, 0.25) is 0 Å². The fourth-order valence-corrected chi connectivity index (χ4v) is 4.32. The van der Waals surface area contributed by atoms with Crippen molar-refractivity contribution in [3.8, 4) is 0 Å². The predicted molar refractivity (Wildman–Crippen MR) is 89.8 cm³/mol. The van der Waals surface area contributed by atoms with Gasteiger partial charge < -0.3 is 9.80 Å². The van der Waals surface area contributed by atoms with E-state index < -0.39 is 0 Å². The van der Waals surface area contributed by atoms with E-state index >= 15 is 0 Å². The molecule has 1 spiro atoms. The molecule has 1 heterocycles. The molecule has 2 aliphatic rings. The summed E-state index contributed by atoms with van der Waals surface area (Å²) in [5.41, 5.74) is 1.08. The number of rotatable bonds is 3. The molecule has 0 radical (unpaired) electrons. The number of benzene rings is 1. The molecular formula is C19H26N2O2. The van der Waals surface area contributed by atoms with Crippen LogP contribution in [0.5, 0.6) is 0 Å². The molecule has 0 aromatic heterocycles. The SMILES string of the molecule is CN(C)C(=O)C1CCCC12CCN(C(=O)Cc1ccccc1)C2. The molecule has 124 valence electrons. The third kappa shape index (κ3) is 3.12. The zero-order valence-electron chi connectivity index (χ0n) is 14.1. The molecule has 0 bridgehead atoms. The van der Waals surface area contributed by atoms with Crippen molar-refractivity contribution in [3.63, 3.8) is 0 Å². The van der Waals surface area contributed by atoms with E-state index in [0.29, 0.717) is 6.42 Å². The zero-order valence-corrected chi connectivity index (χ0v) is 14.1. The molecule has 2 unspecified atom stereocenters. The number of carbonyl (C=O) groups is 2. The third-order valence-corrected chi connectivity index (χ3v) is 5.58. The van der Waals surface area contributed by atoms with E-state index in [4.69, 9.17) is 0 Å². The van der Waals surface area contributed by atoms with Gasteiger partial charge in [-0.15, -0.1) is 0 Å². The average molecular weight is 314 g/mol. The Morgan fingerprint density at radius 3 is 2.65 bits per heavy atom. The van der Waals surface area contributed by atoms with Crippen molar-refractivity contribution in [1.29, 1.82) is 0 Å². The molecule has 1 saturated carbocycles. The summed E-state index contributed by atoms with van der Waals surface area (Å²) in [7, 11) is 3.67. The third-order valence-electron chi connectivity index (χ3n) is 5.58. The van der Waals surface area contributed by atoms with Crippen LogP contribution in [0.4, 0.5) is 0 Å². The lowest BCUT2D eigenvalue weighted by molar-refractivity contribution is -0.137. The smallest absolute Gasteiger partial charge is 0.227 e. The number of hydrogen-bond donors (Lipinski definition) is 0. The highest BCUT2D eigenvalue weighted by molar-refractivity contribution is 5.81. The van der Waals surface area contributed by atoms with Crippen molar-refractivity contribution in [2.75, 3.05) is 27.2 Å². The molecule has 1 aromatic carbocycles. The van der Waals surface area contributed by atoms with Crippen molar-refractivity contribution >= 4 is 11.8 Å². The highest BCUT2D eigenvalue weighted by Crippen LogP contribution is 2.50. The average Bonchev–Trinajstić information content (AvgIpc) is 3.15. The fourth-order valence-electron chi connectivity index (χ4n) is 4.32. The molecular weight excluding hydrogens is 288 g/mol. The maximum absolute atomic E-state index is 12.6. The molecule has 2 fully saturated rings. The van der Waals surface area contributed by atoms with Crippen molar-refractivity contribution < 1.29 is 9.59 Å². The second-order valence-electron chi connectivity index (χ2n) is 7.27. The summed E-state index contributed by atoms with van der Waals surface area (Å²) in [5, 5.41) is 0. The highest BCUT2D eigenvalue weighted by atomic mass is 16.2. The molecule has 0 N–H and O–H groups in total. The number of carbonyl (C=O) groups excluding carboxylic acids is 2. The Labute approximate surface area is 138 Å². The maximum atomic E-state index is 12.6. The van der Waals surface area contributed by atoms with E-state index in [2.05, 4.69) is 0 Å². The van der Waals surface area contributed by atoms with Crippen molar-refractivity contribution in [2.24, 2.45) is 11.3 Å². The van der Waals surface area contributed by atoms with Gasteiger partial charge in [-0.2, -0.15) is 0 Å². The topological polar surface area (TPSA) is 40.6 Å². The van der Waals surface area contributed by atoms with Gasteiger partial charge in [0.2, 0.25) is 11.8 Å². The molecule has 3 rings (SSSR count). The summed E-state index contributed by atoms with van der Waals surface area (Å²) >= 11 is 0. The standard InChI is InChI=1S/C19H26N2O2/c1-20(2)18(23)16-9-6-10-19(16)11-12-21(14-19)17(22)13-15-7-4-3-5-8-15/h3-5,7-8,16H,6,9-14H2,1-2H3. The lowest BCUT2D eigenvalue weighted by Gasteiger charge is -2.32. The molecule has 4 nitrogen and oxygen atoms in total. The van der Waals surface area contributed by atoms with Gasteiger partial charge in [0.1, 0.15) is 0 Å². The van der Waals surface area contributed by atoms with Gasteiger partial charge in [0.25, 0.3) is 0 Å². The van der Waals surface area contributed by atoms with E-state index in [1.165, 1.54) is 0 Å². The molecule has 23 heavy (non-hydrogen) atoms. The van der Waals surface area contributed by atoms with Crippen LogP contribution in [-0.4, -0.2) is 48.8 Å². The number of nitrogens with zero attached hydrogens (tertiary/aromatic N) is 2. The minimum Gasteiger partial charge on any atom is -0.349 e. The quantitative estimate of drug-likeness (QED) is 0.859. The van der Waals surface area contributed by atoms with Crippen molar-refractivity contribution in [3.05, 3.63) is 35.9 Å². The summed E-state index contributed by atoms with van der Waals surface area (Å²) in [5.74, 6) is 0.517. The summed E-state index contributed by atoms with van der Waals surface area (Å²) in [6.07, 6.45) is 4.58.